The van der Waals surface area contributed by atoms with E-state index in [-0.39, 0.29) is 23.7 Å². The van der Waals surface area contributed by atoms with Crippen LogP contribution in [0.2, 0.25) is 0 Å². The highest BCUT2D eigenvalue weighted by Gasteiger charge is 2.52. The average Bonchev–Trinajstić information content (AvgIpc) is 3.45. The van der Waals surface area contributed by atoms with Crippen LogP contribution in [0.15, 0.2) is 59.1 Å². The molecule has 7 nitrogen and oxygen atoms in total. The Labute approximate surface area is 219 Å². The van der Waals surface area contributed by atoms with E-state index in [0.717, 1.165) is 37.0 Å². The molecule has 0 spiro atoms. The van der Waals surface area contributed by atoms with Crippen molar-refractivity contribution in [3.63, 3.8) is 0 Å². The van der Waals surface area contributed by atoms with Crippen LogP contribution in [-0.4, -0.2) is 45.4 Å². The highest BCUT2D eigenvalue weighted by molar-refractivity contribution is 5.70. The van der Waals surface area contributed by atoms with Gasteiger partial charge >= 0.3 is 6.09 Å². The highest BCUT2D eigenvalue weighted by atomic mass is 16.6. The van der Waals surface area contributed by atoms with Crippen LogP contribution in [-0.2, 0) is 10.2 Å². The van der Waals surface area contributed by atoms with E-state index in [2.05, 4.69) is 29.4 Å². The number of benzene rings is 2. The van der Waals surface area contributed by atoms with Crippen LogP contribution in [0, 0.1) is 0 Å². The molecule has 2 aliphatic rings. The second kappa shape index (κ2) is 9.84. The van der Waals surface area contributed by atoms with Gasteiger partial charge in [-0.05, 0) is 83.7 Å². The summed E-state index contributed by atoms with van der Waals surface area (Å²) < 4.78 is 17.3. The minimum atomic E-state index is -0.565. The number of hydrogen-bond donors (Lipinski definition) is 0. The van der Waals surface area contributed by atoms with Crippen molar-refractivity contribution in [3.8, 4) is 17.2 Å². The monoisotopic (exact) mass is 503 g/mol. The molecule has 1 amide bonds. The normalized spacial score (nSPS) is 20.3. The predicted molar refractivity (Wildman–Crippen MR) is 142 cm³/mol. The second-order valence-electron chi connectivity index (χ2n) is 11.7. The number of ether oxygens (including phenoxy) is 2. The fourth-order valence-corrected chi connectivity index (χ4v) is 5.11. The molecule has 2 aliphatic carbocycles. The van der Waals surface area contributed by atoms with Gasteiger partial charge in [0.05, 0.1) is 11.5 Å². The van der Waals surface area contributed by atoms with Crippen LogP contribution in [0.4, 0.5) is 4.79 Å². The minimum Gasteiger partial charge on any atom is -0.491 e. The summed E-state index contributed by atoms with van der Waals surface area (Å²) in [5.41, 5.74) is 1.21. The van der Waals surface area contributed by atoms with Gasteiger partial charge < -0.3 is 18.9 Å². The van der Waals surface area contributed by atoms with Crippen molar-refractivity contribution < 1.29 is 18.8 Å². The average molecular weight is 504 g/mol. The molecule has 0 aliphatic heterocycles. The molecule has 7 heteroatoms. The summed E-state index contributed by atoms with van der Waals surface area (Å²) in [6, 6.07) is 18.2. The summed E-state index contributed by atoms with van der Waals surface area (Å²) in [4.78, 5) is 20.2. The molecule has 1 unspecified atom stereocenters. The third-order valence-electron chi connectivity index (χ3n) is 7.17. The zero-order valence-electron chi connectivity index (χ0n) is 22.4. The minimum absolute atomic E-state index is 0.106. The van der Waals surface area contributed by atoms with Gasteiger partial charge in [-0.3, -0.25) is 0 Å². The molecule has 2 atom stereocenters. The number of aromatic nitrogens is 2. The van der Waals surface area contributed by atoms with E-state index in [1.165, 1.54) is 5.56 Å². The molecule has 0 saturated heterocycles. The van der Waals surface area contributed by atoms with E-state index in [0.29, 0.717) is 24.2 Å². The third-order valence-corrected chi connectivity index (χ3v) is 7.17. The fourth-order valence-electron chi connectivity index (χ4n) is 5.11. The Hall–Kier alpha value is -3.35. The number of carbonyl (C=O) groups excluding carboxylic acids is 1. The smallest absolute Gasteiger partial charge is 0.410 e. The van der Waals surface area contributed by atoms with Crippen molar-refractivity contribution in [2.75, 3.05) is 6.54 Å². The molecule has 2 fully saturated rings. The summed E-state index contributed by atoms with van der Waals surface area (Å²) >= 11 is 0. The van der Waals surface area contributed by atoms with Crippen molar-refractivity contribution in [2.45, 2.75) is 89.4 Å². The number of amides is 1. The Morgan fingerprint density at radius 1 is 1.11 bits per heavy atom. The van der Waals surface area contributed by atoms with Crippen molar-refractivity contribution >= 4 is 6.09 Å². The van der Waals surface area contributed by atoms with Crippen LogP contribution in [0.1, 0.15) is 77.6 Å². The van der Waals surface area contributed by atoms with Gasteiger partial charge in [-0.2, -0.15) is 4.98 Å². The van der Waals surface area contributed by atoms with E-state index < -0.39 is 5.60 Å². The molecule has 2 aromatic carbocycles. The molecule has 5 rings (SSSR count). The van der Waals surface area contributed by atoms with E-state index in [1.807, 2.05) is 69.9 Å². The van der Waals surface area contributed by atoms with Gasteiger partial charge in [-0.15, -0.1) is 0 Å². The first kappa shape index (κ1) is 25.3. The highest BCUT2D eigenvalue weighted by Crippen LogP contribution is 2.49. The van der Waals surface area contributed by atoms with Gasteiger partial charge in [0.1, 0.15) is 11.4 Å². The summed E-state index contributed by atoms with van der Waals surface area (Å²) in [5, 5.41) is 4.41. The lowest BCUT2D eigenvalue weighted by Gasteiger charge is -2.43. The van der Waals surface area contributed by atoms with Gasteiger partial charge in [-0.1, -0.05) is 41.9 Å². The molecule has 3 aromatic rings. The van der Waals surface area contributed by atoms with Crippen LogP contribution in [0.5, 0.6) is 5.75 Å². The zero-order chi connectivity index (χ0) is 26.2. The van der Waals surface area contributed by atoms with Gasteiger partial charge in [0.2, 0.25) is 0 Å². The Morgan fingerprint density at radius 3 is 2.41 bits per heavy atom. The van der Waals surface area contributed by atoms with Gasteiger partial charge in [-0.25, -0.2) is 4.79 Å². The molecule has 1 heterocycles. The number of hydrogen-bond acceptors (Lipinski definition) is 6. The summed E-state index contributed by atoms with van der Waals surface area (Å²) in [5.74, 6) is 2.27. The third kappa shape index (κ3) is 5.65. The lowest BCUT2D eigenvalue weighted by Crippen LogP contribution is -2.50. The van der Waals surface area contributed by atoms with Crippen molar-refractivity contribution in [1.29, 1.82) is 0 Å². The molecule has 2 saturated carbocycles. The summed E-state index contributed by atoms with van der Waals surface area (Å²) in [7, 11) is 0. The molecular weight excluding hydrogens is 466 g/mol. The molecule has 0 radical (unpaired) electrons. The first-order valence-electron chi connectivity index (χ1n) is 13.3. The second-order valence-corrected chi connectivity index (χ2v) is 11.7. The SMILES string of the molecule is CC(C)Oc1ccc(-c2nc(C3(CN(C(=O)OC(C)(C)C)C4C[C@@H]4c4ccccc4)CCC3)no2)cc1. The maximum Gasteiger partial charge on any atom is 0.410 e. The van der Waals surface area contributed by atoms with Crippen LogP contribution in [0.3, 0.4) is 0 Å². The van der Waals surface area contributed by atoms with Crippen molar-refractivity contribution in [2.24, 2.45) is 0 Å². The molecular formula is C30H37N3O4. The standard InChI is InChI=1S/C30H37N3O4/c1-20(2)35-23-14-12-22(13-15-23)26-31-27(32-37-26)30(16-9-17-30)19-33(28(34)36-29(3,4)5)25-18-24(25)21-10-7-6-8-11-21/h6-8,10-15,20,24-25H,9,16-19H2,1-5H3/t24-,25?/m1/s1. The first-order valence-corrected chi connectivity index (χ1v) is 13.3. The Bertz CT molecular complexity index is 1210. The Kier molecular flexibility index (Phi) is 6.73. The van der Waals surface area contributed by atoms with Gasteiger partial charge in [0, 0.05) is 24.1 Å². The quantitative estimate of drug-likeness (QED) is 0.339. The molecule has 0 bridgehead atoms. The maximum absolute atomic E-state index is 13.4. The van der Waals surface area contributed by atoms with Crippen molar-refractivity contribution in [3.05, 3.63) is 66.0 Å². The maximum atomic E-state index is 13.4. The van der Waals surface area contributed by atoms with Crippen molar-refractivity contribution in [1.82, 2.24) is 15.0 Å². The van der Waals surface area contributed by atoms with Gasteiger partial charge in [0.25, 0.3) is 5.89 Å². The van der Waals surface area contributed by atoms with Crippen LogP contribution < -0.4 is 4.74 Å². The van der Waals surface area contributed by atoms with Crippen LogP contribution >= 0.6 is 0 Å². The van der Waals surface area contributed by atoms with E-state index in [9.17, 15) is 4.79 Å². The topological polar surface area (TPSA) is 77.7 Å². The fraction of sp³-hybridized carbons (Fsp3) is 0.500. The number of rotatable bonds is 8. The molecule has 1 aromatic heterocycles. The lowest BCUT2D eigenvalue weighted by molar-refractivity contribution is 0.0123. The number of nitrogens with zero attached hydrogens (tertiary/aromatic N) is 3. The molecule has 196 valence electrons. The Morgan fingerprint density at radius 2 is 1.81 bits per heavy atom. The molecule has 37 heavy (non-hydrogen) atoms. The van der Waals surface area contributed by atoms with E-state index >= 15 is 0 Å². The van der Waals surface area contributed by atoms with E-state index in [1.54, 1.807) is 0 Å². The molecule has 0 N–H and O–H groups in total. The summed E-state index contributed by atoms with van der Waals surface area (Å²) in [6.45, 7) is 10.3. The predicted octanol–water partition coefficient (Wildman–Crippen LogP) is 6.74. The van der Waals surface area contributed by atoms with E-state index in [4.69, 9.17) is 19.0 Å². The summed E-state index contributed by atoms with van der Waals surface area (Å²) in [6.07, 6.45) is 3.67. The Balaban J connectivity index is 1.37. The first-order chi connectivity index (χ1) is 17.6. The van der Waals surface area contributed by atoms with Gasteiger partial charge in [0.15, 0.2) is 5.82 Å². The lowest BCUT2D eigenvalue weighted by atomic mass is 9.67. The number of carbonyl (C=O) groups is 1. The zero-order valence-corrected chi connectivity index (χ0v) is 22.4. The van der Waals surface area contributed by atoms with Crippen LogP contribution in [0.25, 0.3) is 11.5 Å². The largest absolute Gasteiger partial charge is 0.491 e.